The molecule has 1 amide bonds. The molecule has 4 nitrogen and oxygen atoms in total. The van der Waals surface area contributed by atoms with Crippen LogP contribution in [0, 0.1) is 5.82 Å². The Kier molecular flexibility index (Phi) is 4.28. The van der Waals surface area contributed by atoms with Crippen molar-refractivity contribution in [2.24, 2.45) is 0 Å². The molecule has 110 valence electrons. The predicted molar refractivity (Wildman–Crippen MR) is 78.0 cm³/mol. The van der Waals surface area contributed by atoms with E-state index >= 15 is 0 Å². The molecule has 3 N–H and O–H groups in total. The number of benzene rings is 1. The molecule has 0 bridgehead atoms. The second kappa shape index (κ2) is 5.79. The van der Waals surface area contributed by atoms with Crippen LogP contribution in [0.25, 0.3) is 0 Å². The largest absolute Gasteiger partial charge is 0.399 e. The molecule has 5 heteroatoms. The van der Waals surface area contributed by atoms with Gasteiger partial charge in [0, 0.05) is 17.8 Å². The molecule has 0 aliphatic heterocycles. The maximum atomic E-state index is 13.6. The van der Waals surface area contributed by atoms with E-state index in [-0.39, 0.29) is 11.1 Å². The Bertz CT molecular complexity index is 496. The Morgan fingerprint density at radius 1 is 1.40 bits per heavy atom. The van der Waals surface area contributed by atoms with Crippen LogP contribution in [0.3, 0.4) is 0 Å². The van der Waals surface area contributed by atoms with Crippen LogP contribution in [-0.4, -0.2) is 37.0 Å². The van der Waals surface area contributed by atoms with Crippen molar-refractivity contribution in [3.05, 3.63) is 29.6 Å². The number of nitrogens with zero attached hydrogens (tertiary/aromatic N) is 1. The van der Waals surface area contributed by atoms with E-state index in [4.69, 9.17) is 5.73 Å². The summed E-state index contributed by atoms with van der Waals surface area (Å²) in [5.74, 6) is -0.940. The first-order chi connectivity index (χ1) is 9.44. The van der Waals surface area contributed by atoms with Gasteiger partial charge >= 0.3 is 0 Å². The van der Waals surface area contributed by atoms with Crippen molar-refractivity contribution in [1.82, 2.24) is 10.2 Å². The molecule has 0 unspecified atom stereocenters. The highest BCUT2D eigenvalue weighted by Crippen LogP contribution is 2.33. The summed E-state index contributed by atoms with van der Waals surface area (Å²) in [4.78, 5) is 14.3. The highest BCUT2D eigenvalue weighted by Gasteiger charge is 2.36. The lowest BCUT2D eigenvalue weighted by atomic mass is 9.96. The third-order valence-corrected chi connectivity index (χ3v) is 4.30. The standard InChI is InChI=1S/C15H22FN3O/c1-19(2)15(7-3-4-8-15)10-18-14(20)12-9-11(17)5-6-13(12)16/h5-6,9H,3-4,7-8,10,17H2,1-2H3,(H,18,20). The van der Waals surface area contributed by atoms with Crippen LogP contribution in [0.1, 0.15) is 36.0 Å². The molecule has 1 aromatic rings. The number of halogens is 1. The van der Waals surface area contributed by atoms with Crippen molar-refractivity contribution >= 4 is 11.6 Å². The minimum Gasteiger partial charge on any atom is -0.399 e. The lowest BCUT2D eigenvalue weighted by molar-refractivity contribution is 0.0896. The van der Waals surface area contributed by atoms with Gasteiger partial charge in [-0.1, -0.05) is 12.8 Å². The van der Waals surface area contributed by atoms with Gasteiger partial charge in [-0.25, -0.2) is 4.39 Å². The van der Waals surface area contributed by atoms with Crippen LogP contribution < -0.4 is 11.1 Å². The zero-order valence-corrected chi connectivity index (χ0v) is 12.1. The molecule has 1 aliphatic rings. The fourth-order valence-electron chi connectivity index (χ4n) is 2.87. The van der Waals surface area contributed by atoms with Crippen LogP contribution in [0.4, 0.5) is 10.1 Å². The smallest absolute Gasteiger partial charge is 0.254 e. The Morgan fingerprint density at radius 2 is 2.05 bits per heavy atom. The Hall–Kier alpha value is -1.62. The van der Waals surface area contributed by atoms with Gasteiger partial charge in [-0.3, -0.25) is 4.79 Å². The number of nitrogen functional groups attached to an aromatic ring is 1. The van der Waals surface area contributed by atoms with Gasteiger partial charge < -0.3 is 16.0 Å². The van der Waals surface area contributed by atoms with Gasteiger partial charge in [0.2, 0.25) is 0 Å². The maximum absolute atomic E-state index is 13.6. The Morgan fingerprint density at radius 3 is 2.65 bits per heavy atom. The third-order valence-electron chi connectivity index (χ3n) is 4.30. The fraction of sp³-hybridized carbons (Fsp3) is 0.533. The van der Waals surface area contributed by atoms with E-state index in [1.54, 1.807) is 0 Å². The van der Waals surface area contributed by atoms with Gasteiger partial charge in [-0.2, -0.15) is 0 Å². The molecule has 0 saturated heterocycles. The minimum atomic E-state index is -0.540. The molecule has 0 heterocycles. The van der Waals surface area contributed by atoms with Gasteiger partial charge in [-0.15, -0.1) is 0 Å². The summed E-state index contributed by atoms with van der Waals surface area (Å²) < 4.78 is 13.6. The quantitative estimate of drug-likeness (QED) is 0.829. The molecule has 1 fully saturated rings. The summed E-state index contributed by atoms with van der Waals surface area (Å²) in [5.41, 5.74) is 6.00. The molecule has 0 atom stereocenters. The lowest BCUT2D eigenvalue weighted by Gasteiger charge is -2.36. The zero-order valence-electron chi connectivity index (χ0n) is 12.1. The van der Waals surface area contributed by atoms with Crippen LogP contribution in [-0.2, 0) is 0 Å². The molecule has 2 rings (SSSR count). The number of likely N-dealkylation sites (N-methyl/N-ethyl adjacent to an activating group) is 1. The van der Waals surface area contributed by atoms with Gasteiger partial charge in [0.25, 0.3) is 5.91 Å². The van der Waals surface area contributed by atoms with Crippen LogP contribution in [0.5, 0.6) is 0 Å². The average molecular weight is 279 g/mol. The fourth-order valence-corrected chi connectivity index (χ4v) is 2.87. The van der Waals surface area contributed by atoms with Crippen LogP contribution in [0.15, 0.2) is 18.2 Å². The van der Waals surface area contributed by atoms with Crippen molar-refractivity contribution in [2.75, 3.05) is 26.4 Å². The zero-order chi connectivity index (χ0) is 14.8. The molecule has 0 radical (unpaired) electrons. The van der Waals surface area contributed by atoms with Gasteiger partial charge in [0.15, 0.2) is 0 Å². The number of hydrogen-bond donors (Lipinski definition) is 2. The summed E-state index contributed by atoms with van der Waals surface area (Å²) in [6.07, 6.45) is 4.45. The highest BCUT2D eigenvalue weighted by molar-refractivity contribution is 5.95. The summed E-state index contributed by atoms with van der Waals surface area (Å²) >= 11 is 0. The van der Waals surface area contributed by atoms with Crippen molar-refractivity contribution in [1.29, 1.82) is 0 Å². The van der Waals surface area contributed by atoms with E-state index in [1.165, 1.54) is 31.0 Å². The number of nitrogens with one attached hydrogen (secondary N) is 1. The Balaban J connectivity index is 2.06. The first kappa shape index (κ1) is 14.8. The number of hydrogen-bond acceptors (Lipinski definition) is 3. The second-order valence-electron chi connectivity index (χ2n) is 5.75. The number of anilines is 1. The van der Waals surface area contributed by atoms with Gasteiger partial charge in [-0.05, 0) is 45.1 Å². The van der Waals surface area contributed by atoms with E-state index < -0.39 is 11.7 Å². The molecule has 1 aromatic carbocycles. The predicted octanol–water partition coefficient (Wildman–Crippen LogP) is 2.01. The van der Waals surface area contributed by atoms with E-state index in [1.807, 2.05) is 14.1 Å². The summed E-state index contributed by atoms with van der Waals surface area (Å²) in [5, 5.41) is 2.85. The summed E-state index contributed by atoms with van der Waals surface area (Å²) in [6.45, 7) is 0.535. The van der Waals surface area contributed by atoms with Gasteiger partial charge in [0.1, 0.15) is 5.82 Å². The Labute approximate surface area is 119 Å². The average Bonchev–Trinajstić information content (AvgIpc) is 2.89. The molecule has 1 saturated carbocycles. The number of carbonyl (C=O) groups excluding carboxylic acids is 1. The first-order valence-corrected chi connectivity index (χ1v) is 6.95. The minimum absolute atomic E-state index is 0.00748. The summed E-state index contributed by atoms with van der Waals surface area (Å²) in [7, 11) is 4.05. The summed E-state index contributed by atoms with van der Waals surface area (Å²) in [6, 6.07) is 4.05. The normalized spacial score (nSPS) is 17.4. The van der Waals surface area contributed by atoms with Crippen LogP contribution in [0.2, 0.25) is 0 Å². The SMILES string of the molecule is CN(C)C1(CNC(=O)c2cc(N)ccc2F)CCCC1. The molecule has 0 aromatic heterocycles. The lowest BCUT2D eigenvalue weighted by Crippen LogP contribution is -2.50. The molecule has 0 spiro atoms. The number of rotatable bonds is 4. The van der Waals surface area contributed by atoms with Crippen molar-refractivity contribution in [3.8, 4) is 0 Å². The third kappa shape index (κ3) is 2.93. The second-order valence-corrected chi connectivity index (χ2v) is 5.75. The molecular weight excluding hydrogens is 257 g/mol. The van der Waals surface area contributed by atoms with Crippen molar-refractivity contribution < 1.29 is 9.18 Å². The van der Waals surface area contributed by atoms with Crippen molar-refractivity contribution in [3.63, 3.8) is 0 Å². The number of nitrogens with two attached hydrogens (primary N) is 1. The molecule has 1 aliphatic carbocycles. The van der Waals surface area contributed by atoms with Crippen LogP contribution >= 0.6 is 0 Å². The maximum Gasteiger partial charge on any atom is 0.254 e. The first-order valence-electron chi connectivity index (χ1n) is 6.95. The monoisotopic (exact) mass is 279 g/mol. The van der Waals surface area contributed by atoms with Gasteiger partial charge in [0.05, 0.1) is 5.56 Å². The molecule has 20 heavy (non-hydrogen) atoms. The van der Waals surface area contributed by atoms with E-state index in [9.17, 15) is 9.18 Å². The van der Waals surface area contributed by atoms with E-state index in [2.05, 4.69) is 10.2 Å². The highest BCUT2D eigenvalue weighted by atomic mass is 19.1. The number of amides is 1. The van der Waals surface area contributed by atoms with E-state index in [0.29, 0.717) is 12.2 Å². The molecular formula is C15H22FN3O. The number of carbonyl (C=O) groups is 1. The van der Waals surface area contributed by atoms with E-state index in [0.717, 1.165) is 12.8 Å². The topological polar surface area (TPSA) is 58.4 Å². The van der Waals surface area contributed by atoms with Crippen molar-refractivity contribution in [2.45, 2.75) is 31.2 Å².